The fourth-order valence-corrected chi connectivity index (χ4v) is 1.90. The second-order valence-electron chi connectivity index (χ2n) is 2.99. The van der Waals surface area contributed by atoms with Crippen molar-refractivity contribution in [1.82, 2.24) is 0 Å². The van der Waals surface area contributed by atoms with Gasteiger partial charge in [0.25, 0.3) is 0 Å². The molecule has 78 valence electrons. The molecule has 4 nitrogen and oxygen atoms in total. The summed E-state index contributed by atoms with van der Waals surface area (Å²) < 4.78 is 10.8. The average Bonchev–Trinajstić information content (AvgIpc) is 2.18. The summed E-state index contributed by atoms with van der Waals surface area (Å²) in [6, 6.07) is 6.46. The van der Waals surface area contributed by atoms with Crippen molar-refractivity contribution in [1.29, 1.82) is 0 Å². The van der Waals surface area contributed by atoms with E-state index in [4.69, 9.17) is 5.11 Å². The molecule has 2 unspecified atom stereocenters. The first kappa shape index (κ1) is 15.3. The van der Waals surface area contributed by atoms with Crippen molar-refractivity contribution < 1.29 is 49.2 Å². The van der Waals surface area contributed by atoms with E-state index in [9.17, 15) is 14.6 Å². The van der Waals surface area contributed by atoms with Crippen molar-refractivity contribution >= 4 is 13.3 Å². The summed E-state index contributed by atoms with van der Waals surface area (Å²) in [5, 5.41) is 18.0. The summed E-state index contributed by atoms with van der Waals surface area (Å²) in [4.78, 5) is 10.8. The fourth-order valence-electron chi connectivity index (χ4n) is 1.22. The van der Waals surface area contributed by atoms with Gasteiger partial charge in [-0.15, -0.1) is 0 Å². The quantitative estimate of drug-likeness (QED) is 0.414. The summed E-state index contributed by atoms with van der Waals surface area (Å²) in [6.07, 6.45) is -0.747. The number of rotatable bonds is 4. The maximum atomic E-state index is 10.8. The third-order valence-corrected chi connectivity index (χ3v) is 2.83. The predicted octanol–water partition coefficient (Wildman–Crippen LogP) is -3.95. The van der Waals surface area contributed by atoms with E-state index < -0.39 is 14.1 Å². The Morgan fingerprint density at radius 3 is 2.53 bits per heavy atom. The second kappa shape index (κ2) is 7.58. The van der Waals surface area contributed by atoms with Gasteiger partial charge in [0.1, 0.15) is 0 Å². The third-order valence-electron chi connectivity index (χ3n) is 1.90. The Bertz CT molecular complexity index is 332. The molecule has 0 saturated heterocycles. The van der Waals surface area contributed by atoms with Crippen LogP contribution in [0.4, 0.5) is 0 Å². The molecule has 1 aromatic carbocycles. The molecule has 0 aliphatic carbocycles. The van der Waals surface area contributed by atoms with Gasteiger partial charge in [0, 0.05) is 14.4 Å². The van der Waals surface area contributed by atoms with E-state index in [1.165, 1.54) is 6.07 Å². The van der Waals surface area contributed by atoms with Gasteiger partial charge in [-0.2, -0.15) is 0 Å². The number of hydrogen-bond donors (Lipinski definition) is 2. The zero-order valence-corrected chi connectivity index (χ0v) is 11.5. The largest absolute Gasteiger partial charge is 1.00 e. The van der Waals surface area contributed by atoms with E-state index in [0.717, 1.165) is 0 Å². The Hall–Kier alpha value is 0.330. The minimum atomic E-state index is -2.99. The summed E-state index contributed by atoms with van der Waals surface area (Å²) in [6.45, 7) is -0.367. The molecular weight excluding hydrogens is 226 g/mol. The van der Waals surface area contributed by atoms with E-state index in [0.29, 0.717) is 5.56 Å². The van der Waals surface area contributed by atoms with E-state index in [1.54, 1.807) is 18.2 Å². The predicted molar refractivity (Wildman–Crippen MR) is 51.9 cm³/mol. The standard InChI is InChI=1S/C9H13O4P.Na/c10-6-8(11)5-7-3-1-2-4-9(7)14(12)13;/h1-4,8,10-11,14H,5-6H2,(H,12,13);/q;+1/p-1. The molecular formula is C9H12NaO4P. The molecule has 2 atom stereocenters. The fraction of sp³-hybridized carbons (Fsp3) is 0.333. The molecule has 0 aliphatic rings. The summed E-state index contributed by atoms with van der Waals surface area (Å²) in [7, 11) is -2.99. The van der Waals surface area contributed by atoms with Crippen molar-refractivity contribution in [2.75, 3.05) is 6.61 Å². The third kappa shape index (κ3) is 4.79. The van der Waals surface area contributed by atoms with Crippen LogP contribution in [0.5, 0.6) is 0 Å². The summed E-state index contributed by atoms with van der Waals surface area (Å²) >= 11 is 0. The molecule has 2 N–H and O–H groups in total. The number of aliphatic hydroxyl groups excluding tert-OH is 2. The first-order valence-electron chi connectivity index (χ1n) is 4.23. The molecule has 1 rings (SSSR count). The molecule has 0 aromatic heterocycles. The number of aliphatic hydroxyl groups is 2. The van der Waals surface area contributed by atoms with Crippen LogP contribution in [0, 0.1) is 0 Å². The number of benzene rings is 1. The normalized spacial score (nSPS) is 14.1. The molecule has 0 saturated carbocycles. The Morgan fingerprint density at radius 1 is 1.40 bits per heavy atom. The number of hydrogen-bond acceptors (Lipinski definition) is 4. The van der Waals surface area contributed by atoms with Crippen molar-refractivity contribution in [3.05, 3.63) is 29.8 Å². The minimum absolute atomic E-state index is 0. The van der Waals surface area contributed by atoms with Crippen LogP contribution in [-0.4, -0.2) is 22.9 Å². The van der Waals surface area contributed by atoms with Crippen LogP contribution in [-0.2, 0) is 11.0 Å². The van der Waals surface area contributed by atoms with Crippen molar-refractivity contribution in [3.63, 3.8) is 0 Å². The van der Waals surface area contributed by atoms with Gasteiger partial charge in [-0.1, -0.05) is 24.3 Å². The van der Waals surface area contributed by atoms with E-state index in [2.05, 4.69) is 0 Å². The van der Waals surface area contributed by atoms with Crippen LogP contribution in [0.1, 0.15) is 5.56 Å². The van der Waals surface area contributed by atoms with Crippen LogP contribution in [0.3, 0.4) is 0 Å². The summed E-state index contributed by atoms with van der Waals surface area (Å²) in [5.41, 5.74) is 0.549. The monoisotopic (exact) mass is 238 g/mol. The van der Waals surface area contributed by atoms with Gasteiger partial charge in [-0.3, -0.25) is 0 Å². The van der Waals surface area contributed by atoms with Gasteiger partial charge in [-0.05, 0) is 10.9 Å². The minimum Gasteiger partial charge on any atom is -0.798 e. The Kier molecular flexibility index (Phi) is 7.75. The molecule has 0 heterocycles. The van der Waals surface area contributed by atoms with Crippen molar-refractivity contribution in [3.8, 4) is 0 Å². The molecule has 0 bridgehead atoms. The van der Waals surface area contributed by atoms with Gasteiger partial charge in [0.2, 0.25) is 0 Å². The van der Waals surface area contributed by atoms with Crippen LogP contribution in [0.2, 0.25) is 0 Å². The first-order chi connectivity index (χ1) is 6.65. The Labute approximate surface area is 111 Å². The molecule has 1 aromatic rings. The molecule has 0 spiro atoms. The van der Waals surface area contributed by atoms with E-state index >= 15 is 0 Å². The SMILES string of the molecule is O=[PH]([O-])c1ccccc1CC(O)CO.[Na+]. The van der Waals surface area contributed by atoms with Gasteiger partial charge < -0.3 is 19.7 Å². The molecule has 6 heteroatoms. The Morgan fingerprint density at radius 2 is 2.00 bits per heavy atom. The van der Waals surface area contributed by atoms with Crippen LogP contribution in [0.15, 0.2) is 24.3 Å². The zero-order chi connectivity index (χ0) is 10.6. The second-order valence-corrected chi connectivity index (χ2v) is 4.10. The molecule has 0 amide bonds. The van der Waals surface area contributed by atoms with Crippen molar-refractivity contribution in [2.45, 2.75) is 12.5 Å². The smallest absolute Gasteiger partial charge is 0.798 e. The first-order valence-corrected chi connectivity index (χ1v) is 5.55. The molecule has 0 fully saturated rings. The van der Waals surface area contributed by atoms with Gasteiger partial charge >= 0.3 is 29.6 Å². The van der Waals surface area contributed by atoms with E-state index in [-0.39, 0.29) is 47.9 Å². The van der Waals surface area contributed by atoms with Crippen LogP contribution in [0.25, 0.3) is 0 Å². The van der Waals surface area contributed by atoms with Crippen molar-refractivity contribution in [2.24, 2.45) is 0 Å². The van der Waals surface area contributed by atoms with Gasteiger partial charge in [0.05, 0.1) is 12.7 Å². The zero-order valence-electron chi connectivity index (χ0n) is 8.51. The van der Waals surface area contributed by atoms with Crippen LogP contribution >= 0.6 is 8.03 Å². The molecule has 0 radical (unpaired) electrons. The molecule has 0 aliphatic heterocycles. The van der Waals surface area contributed by atoms with E-state index in [1.807, 2.05) is 0 Å². The Balaban J connectivity index is 0.00000196. The maximum absolute atomic E-state index is 10.8. The van der Waals surface area contributed by atoms with Crippen LogP contribution < -0.4 is 39.8 Å². The molecule has 15 heavy (non-hydrogen) atoms. The topological polar surface area (TPSA) is 80.6 Å². The van der Waals surface area contributed by atoms with Gasteiger partial charge in [0.15, 0.2) is 0 Å². The maximum Gasteiger partial charge on any atom is 1.00 e. The average molecular weight is 238 g/mol. The summed E-state index contributed by atoms with van der Waals surface area (Å²) in [5.74, 6) is 0. The van der Waals surface area contributed by atoms with Gasteiger partial charge in [-0.25, -0.2) is 0 Å².